The molecule has 0 unspecified atom stereocenters. The van der Waals surface area contributed by atoms with Gasteiger partial charge in [0.1, 0.15) is 0 Å². The topological polar surface area (TPSA) is 70.2 Å². The van der Waals surface area contributed by atoms with Crippen LogP contribution >= 0.6 is 12.4 Å². The van der Waals surface area contributed by atoms with Crippen LogP contribution in [0.5, 0.6) is 0 Å². The summed E-state index contributed by atoms with van der Waals surface area (Å²) in [4.78, 5) is 23.2. The Hall–Kier alpha value is -0.810. The standard InChI is InChI=1S/C13H25N3O2.ClH/c1-13(2,3)8-11(17)15-9-12(18)16-10-4-6-14-7-5-10;/h10,14H,4-9H2,1-3H3,(H,15,17)(H,16,18);1H. The Morgan fingerprint density at radius 3 is 2.26 bits per heavy atom. The first kappa shape index (κ1) is 18.2. The zero-order valence-electron chi connectivity index (χ0n) is 12.0. The van der Waals surface area contributed by atoms with Gasteiger partial charge in [-0.25, -0.2) is 0 Å². The number of carbonyl (C=O) groups is 2. The molecular weight excluding hydrogens is 266 g/mol. The Morgan fingerprint density at radius 1 is 1.16 bits per heavy atom. The fourth-order valence-electron chi connectivity index (χ4n) is 1.97. The summed E-state index contributed by atoms with van der Waals surface area (Å²) in [5.41, 5.74) is -0.0460. The average Bonchev–Trinajstić information content (AvgIpc) is 2.25. The number of halogens is 1. The summed E-state index contributed by atoms with van der Waals surface area (Å²) < 4.78 is 0. The lowest BCUT2D eigenvalue weighted by Crippen LogP contribution is -2.46. The third kappa shape index (κ3) is 8.83. The van der Waals surface area contributed by atoms with Crippen molar-refractivity contribution in [1.29, 1.82) is 0 Å². The fourth-order valence-corrected chi connectivity index (χ4v) is 1.97. The van der Waals surface area contributed by atoms with Gasteiger partial charge >= 0.3 is 0 Å². The number of piperidine rings is 1. The quantitative estimate of drug-likeness (QED) is 0.718. The molecule has 1 fully saturated rings. The van der Waals surface area contributed by atoms with Crippen molar-refractivity contribution >= 4 is 24.2 Å². The summed E-state index contributed by atoms with van der Waals surface area (Å²) in [5.74, 6) is -0.160. The summed E-state index contributed by atoms with van der Waals surface area (Å²) in [7, 11) is 0. The normalized spacial score (nSPS) is 16.4. The minimum absolute atomic E-state index is 0. The van der Waals surface area contributed by atoms with Gasteiger partial charge in [-0.2, -0.15) is 0 Å². The molecule has 0 spiro atoms. The van der Waals surface area contributed by atoms with Crippen LogP contribution in [0.15, 0.2) is 0 Å². The van der Waals surface area contributed by atoms with E-state index in [0.717, 1.165) is 25.9 Å². The van der Waals surface area contributed by atoms with Crippen LogP contribution in [-0.2, 0) is 9.59 Å². The third-order valence-electron chi connectivity index (χ3n) is 2.84. The highest BCUT2D eigenvalue weighted by molar-refractivity contribution is 5.85. The van der Waals surface area contributed by atoms with E-state index in [2.05, 4.69) is 16.0 Å². The molecule has 1 aliphatic rings. The Balaban J connectivity index is 0.00000324. The maximum absolute atomic E-state index is 11.6. The van der Waals surface area contributed by atoms with E-state index in [1.165, 1.54) is 0 Å². The monoisotopic (exact) mass is 291 g/mol. The molecule has 2 amide bonds. The van der Waals surface area contributed by atoms with E-state index in [-0.39, 0.29) is 42.2 Å². The zero-order chi connectivity index (χ0) is 13.6. The van der Waals surface area contributed by atoms with Crippen LogP contribution in [0.4, 0.5) is 0 Å². The molecule has 112 valence electrons. The van der Waals surface area contributed by atoms with E-state index in [1.54, 1.807) is 0 Å². The largest absolute Gasteiger partial charge is 0.352 e. The molecule has 0 aliphatic carbocycles. The molecule has 19 heavy (non-hydrogen) atoms. The van der Waals surface area contributed by atoms with Crippen LogP contribution in [0.3, 0.4) is 0 Å². The SMILES string of the molecule is CC(C)(C)CC(=O)NCC(=O)NC1CCNCC1.Cl. The first-order valence-electron chi connectivity index (χ1n) is 6.63. The highest BCUT2D eigenvalue weighted by Crippen LogP contribution is 2.17. The minimum Gasteiger partial charge on any atom is -0.352 e. The molecular formula is C13H26ClN3O2. The molecule has 1 saturated heterocycles. The highest BCUT2D eigenvalue weighted by Gasteiger charge is 2.18. The van der Waals surface area contributed by atoms with Crippen LogP contribution in [0.25, 0.3) is 0 Å². The molecule has 3 N–H and O–H groups in total. The van der Waals surface area contributed by atoms with Gasteiger partial charge in [0.05, 0.1) is 6.54 Å². The summed E-state index contributed by atoms with van der Waals surface area (Å²) >= 11 is 0. The van der Waals surface area contributed by atoms with Crippen molar-refractivity contribution in [2.45, 2.75) is 46.1 Å². The summed E-state index contributed by atoms with van der Waals surface area (Å²) in [6.07, 6.45) is 2.36. The van der Waals surface area contributed by atoms with E-state index < -0.39 is 0 Å². The Morgan fingerprint density at radius 2 is 1.74 bits per heavy atom. The maximum atomic E-state index is 11.6. The van der Waals surface area contributed by atoms with E-state index in [1.807, 2.05) is 20.8 Å². The molecule has 0 radical (unpaired) electrons. The molecule has 5 nitrogen and oxygen atoms in total. The number of nitrogens with one attached hydrogen (secondary N) is 3. The molecule has 1 rings (SSSR count). The molecule has 6 heteroatoms. The fraction of sp³-hybridized carbons (Fsp3) is 0.846. The van der Waals surface area contributed by atoms with Gasteiger partial charge in [0.25, 0.3) is 0 Å². The zero-order valence-corrected chi connectivity index (χ0v) is 12.9. The van der Waals surface area contributed by atoms with Gasteiger partial charge < -0.3 is 16.0 Å². The summed E-state index contributed by atoms with van der Waals surface area (Å²) in [5, 5.41) is 8.85. The molecule has 0 aromatic heterocycles. The third-order valence-corrected chi connectivity index (χ3v) is 2.84. The Labute approximate surface area is 121 Å². The lowest BCUT2D eigenvalue weighted by molar-refractivity contribution is -0.127. The van der Waals surface area contributed by atoms with Crippen LogP contribution in [0.1, 0.15) is 40.0 Å². The van der Waals surface area contributed by atoms with Gasteiger partial charge in [0.2, 0.25) is 11.8 Å². The predicted octanol–water partition coefficient (Wildman–Crippen LogP) is 0.829. The van der Waals surface area contributed by atoms with Crippen molar-refractivity contribution in [1.82, 2.24) is 16.0 Å². The molecule has 0 bridgehead atoms. The molecule has 0 atom stereocenters. The van der Waals surface area contributed by atoms with Crippen LogP contribution in [0.2, 0.25) is 0 Å². The van der Waals surface area contributed by atoms with Gasteiger partial charge in [-0.15, -0.1) is 12.4 Å². The van der Waals surface area contributed by atoms with Crippen molar-refractivity contribution in [2.24, 2.45) is 5.41 Å². The van der Waals surface area contributed by atoms with E-state index >= 15 is 0 Å². The second kappa shape index (κ2) is 8.38. The summed E-state index contributed by atoms with van der Waals surface area (Å²) in [6, 6.07) is 0.248. The number of carbonyl (C=O) groups excluding carboxylic acids is 2. The van der Waals surface area contributed by atoms with Crippen molar-refractivity contribution < 1.29 is 9.59 Å². The first-order chi connectivity index (χ1) is 8.37. The van der Waals surface area contributed by atoms with Crippen molar-refractivity contribution in [3.63, 3.8) is 0 Å². The second-order valence-electron chi connectivity index (χ2n) is 6.11. The van der Waals surface area contributed by atoms with Crippen molar-refractivity contribution in [2.75, 3.05) is 19.6 Å². The van der Waals surface area contributed by atoms with Crippen LogP contribution in [0, 0.1) is 5.41 Å². The number of amides is 2. The minimum atomic E-state index is -0.0934. The van der Waals surface area contributed by atoms with E-state index in [4.69, 9.17) is 0 Å². The number of rotatable bonds is 4. The maximum Gasteiger partial charge on any atom is 0.239 e. The average molecular weight is 292 g/mol. The Bertz CT molecular complexity index is 297. The first-order valence-corrected chi connectivity index (χ1v) is 6.63. The highest BCUT2D eigenvalue weighted by atomic mass is 35.5. The van der Waals surface area contributed by atoms with Gasteiger partial charge in [0, 0.05) is 12.5 Å². The van der Waals surface area contributed by atoms with E-state index in [0.29, 0.717) is 6.42 Å². The Kier molecular flexibility index (Phi) is 8.02. The van der Waals surface area contributed by atoms with Gasteiger partial charge in [-0.1, -0.05) is 20.8 Å². The number of hydrogen-bond donors (Lipinski definition) is 3. The van der Waals surface area contributed by atoms with Crippen molar-refractivity contribution in [3.8, 4) is 0 Å². The van der Waals surface area contributed by atoms with Crippen LogP contribution in [-0.4, -0.2) is 37.5 Å². The molecule has 0 aromatic rings. The predicted molar refractivity (Wildman–Crippen MR) is 78.4 cm³/mol. The number of hydrogen-bond acceptors (Lipinski definition) is 3. The molecule has 0 saturated carbocycles. The lowest BCUT2D eigenvalue weighted by Gasteiger charge is -2.24. The van der Waals surface area contributed by atoms with Crippen LogP contribution < -0.4 is 16.0 Å². The van der Waals surface area contributed by atoms with Gasteiger partial charge in [-0.3, -0.25) is 9.59 Å². The molecule has 1 aliphatic heterocycles. The smallest absolute Gasteiger partial charge is 0.239 e. The molecule has 1 heterocycles. The van der Waals surface area contributed by atoms with E-state index in [9.17, 15) is 9.59 Å². The second-order valence-corrected chi connectivity index (χ2v) is 6.11. The van der Waals surface area contributed by atoms with Crippen molar-refractivity contribution in [3.05, 3.63) is 0 Å². The van der Waals surface area contributed by atoms with Gasteiger partial charge in [-0.05, 0) is 31.3 Å². The molecule has 0 aromatic carbocycles. The van der Waals surface area contributed by atoms with Gasteiger partial charge in [0.15, 0.2) is 0 Å². The summed E-state index contributed by atoms with van der Waals surface area (Å²) in [6.45, 7) is 7.98. The lowest BCUT2D eigenvalue weighted by atomic mass is 9.92.